The summed E-state index contributed by atoms with van der Waals surface area (Å²) in [5.74, 6) is 5.10. The van der Waals surface area contributed by atoms with Crippen molar-refractivity contribution in [1.29, 1.82) is 0 Å². The van der Waals surface area contributed by atoms with Gasteiger partial charge in [0.1, 0.15) is 0 Å². The van der Waals surface area contributed by atoms with Crippen LogP contribution >= 0.6 is 0 Å². The van der Waals surface area contributed by atoms with E-state index in [9.17, 15) is 4.79 Å². The van der Waals surface area contributed by atoms with Crippen molar-refractivity contribution in [3.05, 3.63) is 0 Å². The van der Waals surface area contributed by atoms with Gasteiger partial charge in [-0.15, -0.1) is 0 Å². The van der Waals surface area contributed by atoms with Crippen molar-refractivity contribution in [2.45, 2.75) is 26.3 Å². The van der Waals surface area contributed by atoms with Gasteiger partial charge in [-0.1, -0.05) is 6.92 Å². The van der Waals surface area contributed by atoms with Gasteiger partial charge in [0.25, 0.3) is 0 Å². The highest BCUT2D eigenvalue weighted by Crippen LogP contribution is 1.96. The molecule has 1 amide bonds. The van der Waals surface area contributed by atoms with Gasteiger partial charge in [-0.3, -0.25) is 0 Å². The van der Waals surface area contributed by atoms with Crippen LogP contribution in [0.4, 0.5) is 4.79 Å². The number of hydrogen-bond acceptors (Lipinski definition) is 2. The van der Waals surface area contributed by atoms with E-state index in [1.807, 2.05) is 6.92 Å². The van der Waals surface area contributed by atoms with Gasteiger partial charge in [0.2, 0.25) is 0 Å². The third-order valence-electron chi connectivity index (χ3n) is 1.29. The van der Waals surface area contributed by atoms with E-state index in [0.717, 1.165) is 11.4 Å². The van der Waals surface area contributed by atoms with Crippen LogP contribution in [0.15, 0.2) is 0 Å². The van der Waals surface area contributed by atoms with Crippen molar-refractivity contribution in [2.75, 3.05) is 0 Å². The summed E-state index contributed by atoms with van der Waals surface area (Å²) >= 11 is 0. The molecule has 0 aromatic rings. The standard InChI is InChI=1S/C5H12N2O2/c1-3-4(2)7(6)5(8)9/h4H,3,6H2,1-2H3,(H,8,9)/t4-/m0/s1. The molecule has 4 heteroatoms. The molecule has 0 heterocycles. The second-order valence-electron chi connectivity index (χ2n) is 1.95. The van der Waals surface area contributed by atoms with Gasteiger partial charge in [0.05, 0.1) is 0 Å². The Kier molecular flexibility index (Phi) is 3.01. The fourth-order valence-corrected chi connectivity index (χ4v) is 0.385. The van der Waals surface area contributed by atoms with E-state index in [0.29, 0.717) is 0 Å². The van der Waals surface area contributed by atoms with Crippen LogP contribution in [0.3, 0.4) is 0 Å². The number of nitrogens with zero attached hydrogens (tertiary/aromatic N) is 1. The Labute approximate surface area is 54.2 Å². The molecule has 0 aliphatic heterocycles. The van der Waals surface area contributed by atoms with Crippen molar-refractivity contribution in [2.24, 2.45) is 5.84 Å². The summed E-state index contributed by atoms with van der Waals surface area (Å²) in [5.41, 5.74) is 0. The monoisotopic (exact) mass is 132 g/mol. The highest BCUT2D eigenvalue weighted by molar-refractivity contribution is 5.64. The normalized spacial score (nSPS) is 12.8. The predicted octanol–water partition coefficient (Wildman–Crippen LogP) is 0.639. The van der Waals surface area contributed by atoms with E-state index in [1.165, 1.54) is 0 Å². The largest absolute Gasteiger partial charge is 0.464 e. The van der Waals surface area contributed by atoms with Crippen LogP contribution in [0.5, 0.6) is 0 Å². The molecule has 0 rings (SSSR count). The first kappa shape index (κ1) is 8.23. The van der Waals surface area contributed by atoms with Crippen molar-refractivity contribution in [1.82, 2.24) is 5.01 Å². The molecule has 9 heavy (non-hydrogen) atoms. The second kappa shape index (κ2) is 3.29. The molecule has 0 fully saturated rings. The SMILES string of the molecule is CC[C@H](C)N(N)C(=O)O. The van der Waals surface area contributed by atoms with Crippen molar-refractivity contribution in [3.8, 4) is 0 Å². The van der Waals surface area contributed by atoms with Crippen LogP contribution in [0, 0.1) is 0 Å². The van der Waals surface area contributed by atoms with Gasteiger partial charge in [-0.05, 0) is 13.3 Å². The Balaban J connectivity index is 3.72. The summed E-state index contributed by atoms with van der Waals surface area (Å²) in [6, 6.07) is -0.0949. The Hall–Kier alpha value is -0.770. The fraction of sp³-hybridized carbons (Fsp3) is 0.800. The first-order chi connectivity index (χ1) is 4.09. The molecule has 1 atom stereocenters. The summed E-state index contributed by atoms with van der Waals surface area (Å²) in [7, 11) is 0. The van der Waals surface area contributed by atoms with Gasteiger partial charge >= 0.3 is 6.09 Å². The highest BCUT2D eigenvalue weighted by Gasteiger charge is 2.11. The first-order valence-electron chi connectivity index (χ1n) is 2.86. The molecule has 3 N–H and O–H groups in total. The Morgan fingerprint density at radius 3 is 2.44 bits per heavy atom. The molecule has 0 aliphatic carbocycles. The van der Waals surface area contributed by atoms with E-state index < -0.39 is 6.09 Å². The van der Waals surface area contributed by atoms with Crippen molar-refractivity contribution < 1.29 is 9.90 Å². The summed E-state index contributed by atoms with van der Waals surface area (Å²) < 4.78 is 0. The van der Waals surface area contributed by atoms with E-state index in [1.54, 1.807) is 6.92 Å². The Morgan fingerprint density at radius 1 is 1.89 bits per heavy atom. The van der Waals surface area contributed by atoms with Crippen LogP contribution in [0.2, 0.25) is 0 Å². The average molecular weight is 132 g/mol. The number of carbonyl (C=O) groups is 1. The number of rotatable bonds is 2. The maximum atomic E-state index is 10.1. The minimum absolute atomic E-state index is 0.0949. The summed E-state index contributed by atoms with van der Waals surface area (Å²) in [6.07, 6.45) is -0.340. The smallest absolute Gasteiger partial charge is 0.421 e. The number of hydrazine groups is 1. The summed E-state index contributed by atoms with van der Waals surface area (Å²) in [4.78, 5) is 10.1. The topological polar surface area (TPSA) is 66.6 Å². The Morgan fingerprint density at radius 2 is 2.33 bits per heavy atom. The maximum Gasteiger partial charge on any atom is 0.421 e. The van der Waals surface area contributed by atoms with Gasteiger partial charge in [0.15, 0.2) is 0 Å². The first-order valence-corrected chi connectivity index (χ1v) is 2.86. The second-order valence-corrected chi connectivity index (χ2v) is 1.95. The van der Waals surface area contributed by atoms with E-state index in [4.69, 9.17) is 10.9 Å². The molecule has 0 saturated heterocycles. The van der Waals surface area contributed by atoms with Crippen molar-refractivity contribution >= 4 is 6.09 Å². The van der Waals surface area contributed by atoms with Crippen LogP contribution in [0.25, 0.3) is 0 Å². The van der Waals surface area contributed by atoms with Gasteiger partial charge < -0.3 is 5.11 Å². The molecule has 0 aliphatic rings. The third kappa shape index (κ3) is 2.32. The fourth-order valence-electron chi connectivity index (χ4n) is 0.385. The molecular weight excluding hydrogens is 120 g/mol. The lowest BCUT2D eigenvalue weighted by molar-refractivity contribution is 0.127. The van der Waals surface area contributed by atoms with Gasteiger partial charge in [0, 0.05) is 6.04 Å². The molecule has 0 spiro atoms. The molecule has 0 saturated carbocycles. The zero-order valence-electron chi connectivity index (χ0n) is 5.66. The van der Waals surface area contributed by atoms with E-state index >= 15 is 0 Å². The molecule has 0 aromatic heterocycles. The van der Waals surface area contributed by atoms with Crippen LogP contribution in [0.1, 0.15) is 20.3 Å². The lowest BCUT2D eigenvalue weighted by Gasteiger charge is -2.18. The molecule has 0 bridgehead atoms. The van der Waals surface area contributed by atoms with Crippen LogP contribution < -0.4 is 5.84 Å². The summed E-state index contributed by atoms with van der Waals surface area (Å²) in [6.45, 7) is 3.64. The number of nitrogens with two attached hydrogens (primary N) is 1. The number of amides is 1. The van der Waals surface area contributed by atoms with Crippen LogP contribution in [-0.4, -0.2) is 22.3 Å². The van der Waals surface area contributed by atoms with Gasteiger partial charge in [-0.2, -0.15) is 0 Å². The molecule has 54 valence electrons. The molecule has 0 radical (unpaired) electrons. The van der Waals surface area contributed by atoms with E-state index in [-0.39, 0.29) is 6.04 Å². The zero-order chi connectivity index (χ0) is 7.44. The molecule has 0 unspecified atom stereocenters. The average Bonchev–Trinajstić information content (AvgIpc) is 1.84. The molecule has 4 nitrogen and oxygen atoms in total. The Bertz CT molecular complexity index is 105. The summed E-state index contributed by atoms with van der Waals surface area (Å²) in [5, 5.41) is 9.09. The lowest BCUT2D eigenvalue weighted by Crippen LogP contribution is -2.42. The number of hydrogen-bond donors (Lipinski definition) is 2. The molecular formula is C5H12N2O2. The van der Waals surface area contributed by atoms with E-state index in [2.05, 4.69) is 0 Å². The quantitative estimate of drug-likeness (QED) is 0.329. The third-order valence-corrected chi connectivity index (χ3v) is 1.29. The predicted molar refractivity (Wildman–Crippen MR) is 33.8 cm³/mol. The van der Waals surface area contributed by atoms with Crippen LogP contribution in [-0.2, 0) is 0 Å². The number of carboxylic acid groups (broad SMARTS) is 1. The van der Waals surface area contributed by atoms with Gasteiger partial charge in [-0.25, -0.2) is 15.6 Å². The highest BCUT2D eigenvalue weighted by atomic mass is 16.4. The molecule has 0 aromatic carbocycles. The minimum atomic E-state index is -1.08. The zero-order valence-corrected chi connectivity index (χ0v) is 5.66. The minimum Gasteiger partial charge on any atom is -0.464 e. The lowest BCUT2D eigenvalue weighted by atomic mass is 10.3. The maximum absolute atomic E-state index is 10.1. The van der Waals surface area contributed by atoms with Crippen molar-refractivity contribution in [3.63, 3.8) is 0 Å².